The Kier molecular flexibility index (Phi) is 4.55. The first-order chi connectivity index (χ1) is 13.1. The summed E-state index contributed by atoms with van der Waals surface area (Å²) in [7, 11) is 0. The Hall–Kier alpha value is -0.670. The molecule has 1 saturated heterocycles. The number of rotatable bonds is 3. The Morgan fingerprint density at radius 2 is 2.07 bits per heavy atom. The van der Waals surface area contributed by atoms with E-state index < -0.39 is 0 Å². The van der Waals surface area contributed by atoms with Gasteiger partial charge in [0, 0.05) is 11.5 Å². The SMILES string of the molecule is C=C1CCC2C(C3CC(C)CC13)C2(C(N)C=O)C1CCC2CCCNC2C1. The molecule has 0 radical (unpaired) electrons. The first-order valence-corrected chi connectivity index (χ1v) is 11.7. The summed E-state index contributed by atoms with van der Waals surface area (Å²) in [6.45, 7) is 8.07. The van der Waals surface area contributed by atoms with E-state index in [1.165, 1.54) is 69.9 Å². The van der Waals surface area contributed by atoms with Crippen LogP contribution in [0.15, 0.2) is 12.2 Å². The van der Waals surface area contributed by atoms with Crippen LogP contribution in [0.5, 0.6) is 0 Å². The van der Waals surface area contributed by atoms with Crippen LogP contribution in [0.4, 0.5) is 0 Å². The number of nitrogens with two attached hydrogens (primary N) is 1. The Morgan fingerprint density at radius 1 is 1.22 bits per heavy atom. The lowest BCUT2D eigenvalue weighted by atomic mass is 9.64. The van der Waals surface area contributed by atoms with Crippen LogP contribution in [0.3, 0.4) is 0 Å². The number of fused-ring (bicyclic) bond motifs is 4. The van der Waals surface area contributed by atoms with Gasteiger partial charge in [-0.05, 0) is 106 Å². The van der Waals surface area contributed by atoms with Crippen molar-refractivity contribution in [1.29, 1.82) is 0 Å². The van der Waals surface area contributed by atoms with E-state index in [0.717, 1.165) is 24.0 Å². The van der Waals surface area contributed by atoms with Gasteiger partial charge in [-0.1, -0.05) is 19.1 Å². The number of hydrogen-bond donors (Lipinski definition) is 2. The van der Waals surface area contributed by atoms with E-state index in [1.807, 2.05) is 0 Å². The molecule has 5 rings (SSSR count). The number of carbonyl (C=O) groups excluding carboxylic acids is 1. The van der Waals surface area contributed by atoms with Gasteiger partial charge in [0.25, 0.3) is 0 Å². The first kappa shape index (κ1) is 18.4. The summed E-state index contributed by atoms with van der Waals surface area (Å²) in [5.41, 5.74) is 8.26. The minimum atomic E-state index is -0.263. The standard InChI is InChI=1S/C24H38N2O/c1-14-10-18-15(2)5-8-20-23(19(18)11-14)24(20,22(25)13-27)17-7-6-16-4-3-9-26-21(16)12-17/h13-14,16-23,26H,2-12,25H2,1H3. The lowest BCUT2D eigenvalue weighted by Crippen LogP contribution is -2.50. The molecular formula is C24H38N2O. The van der Waals surface area contributed by atoms with Gasteiger partial charge >= 0.3 is 0 Å². The van der Waals surface area contributed by atoms with Gasteiger partial charge in [0.1, 0.15) is 6.29 Å². The Balaban J connectivity index is 1.46. The second-order valence-corrected chi connectivity index (χ2v) is 10.8. The summed E-state index contributed by atoms with van der Waals surface area (Å²) in [6, 6.07) is 0.409. The van der Waals surface area contributed by atoms with E-state index in [1.54, 1.807) is 0 Å². The molecule has 5 aliphatic rings. The second kappa shape index (κ2) is 6.69. The van der Waals surface area contributed by atoms with Crippen molar-refractivity contribution in [2.45, 2.75) is 76.8 Å². The summed E-state index contributed by atoms with van der Waals surface area (Å²) in [5, 5.41) is 3.82. The molecule has 150 valence electrons. The molecule has 5 fully saturated rings. The topological polar surface area (TPSA) is 55.1 Å². The number of nitrogens with one attached hydrogen (secondary N) is 1. The van der Waals surface area contributed by atoms with E-state index in [2.05, 4.69) is 18.8 Å². The van der Waals surface area contributed by atoms with E-state index in [9.17, 15) is 4.79 Å². The fourth-order valence-corrected chi connectivity index (χ4v) is 8.73. The molecule has 3 nitrogen and oxygen atoms in total. The van der Waals surface area contributed by atoms with Gasteiger partial charge in [-0.25, -0.2) is 0 Å². The van der Waals surface area contributed by atoms with Crippen LogP contribution < -0.4 is 11.1 Å². The molecule has 3 heteroatoms. The zero-order chi connectivity index (χ0) is 18.8. The summed E-state index contributed by atoms with van der Waals surface area (Å²) in [6.07, 6.45) is 12.8. The van der Waals surface area contributed by atoms with Gasteiger partial charge in [0.15, 0.2) is 0 Å². The van der Waals surface area contributed by atoms with E-state index in [4.69, 9.17) is 5.73 Å². The summed E-state index contributed by atoms with van der Waals surface area (Å²) in [4.78, 5) is 12.0. The van der Waals surface area contributed by atoms with Gasteiger partial charge < -0.3 is 15.8 Å². The minimum absolute atomic E-state index is 0.0967. The number of piperidine rings is 1. The van der Waals surface area contributed by atoms with Crippen molar-refractivity contribution in [2.24, 2.45) is 52.6 Å². The van der Waals surface area contributed by atoms with Crippen LogP contribution in [0.25, 0.3) is 0 Å². The third kappa shape index (κ3) is 2.64. The van der Waals surface area contributed by atoms with Crippen molar-refractivity contribution >= 4 is 6.29 Å². The molecule has 4 aliphatic carbocycles. The third-order valence-electron chi connectivity index (χ3n) is 9.74. The molecule has 0 aromatic heterocycles. The maximum Gasteiger partial charge on any atom is 0.137 e. The smallest absolute Gasteiger partial charge is 0.137 e. The number of allylic oxidation sites excluding steroid dienone is 1. The zero-order valence-electron chi connectivity index (χ0n) is 17.0. The van der Waals surface area contributed by atoms with Crippen molar-refractivity contribution in [3.05, 3.63) is 12.2 Å². The number of carbonyl (C=O) groups is 1. The van der Waals surface area contributed by atoms with Crippen molar-refractivity contribution in [3.63, 3.8) is 0 Å². The van der Waals surface area contributed by atoms with Gasteiger partial charge in [0.05, 0.1) is 6.04 Å². The third-order valence-corrected chi connectivity index (χ3v) is 9.74. The molecule has 0 aromatic rings. The zero-order valence-corrected chi connectivity index (χ0v) is 17.0. The number of aldehydes is 1. The molecule has 27 heavy (non-hydrogen) atoms. The van der Waals surface area contributed by atoms with Gasteiger partial charge in [-0.3, -0.25) is 0 Å². The van der Waals surface area contributed by atoms with E-state index >= 15 is 0 Å². The van der Waals surface area contributed by atoms with Gasteiger partial charge in [-0.15, -0.1) is 0 Å². The first-order valence-electron chi connectivity index (χ1n) is 11.7. The van der Waals surface area contributed by atoms with Crippen molar-refractivity contribution < 1.29 is 4.79 Å². The maximum absolute atomic E-state index is 12.0. The van der Waals surface area contributed by atoms with Crippen LogP contribution in [0.2, 0.25) is 0 Å². The number of hydrogen-bond acceptors (Lipinski definition) is 3. The molecule has 1 heterocycles. The second-order valence-electron chi connectivity index (χ2n) is 10.8. The van der Waals surface area contributed by atoms with Crippen LogP contribution in [-0.2, 0) is 4.79 Å². The van der Waals surface area contributed by atoms with Crippen LogP contribution in [0, 0.1) is 46.8 Å². The molecule has 1 aliphatic heterocycles. The molecule has 0 amide bonds. The lowest BCUT2D eigenvalue weighted by Gasteiger charge is -2.45. The molecular weight excluding hydrogens is 332 g/mol. The lowest BCUT2D eigenvalue weighted by molar-refractivity contribution is -0.111. The van der Waals surface area contributed by atoms with E-state index in [-0.39, 0.29) is 11.5 Å². The molecule has 4 saturated carbocycles. The summed E-state index contributed by atoms with van der Waals surface area (Å²) in [5.74, 6) is 5.08. The minimum Gasteiger partial charge on any atom is -0.321 e. The highest BCUT2D eigenvalue weighted by molar-refractivity contribution is 5.61. The normalized spacial score (nSPS) is 52.9. The van der Waals surface area contributed by atoms with Gasteiger partial charge in [0.2, 0.25) is 0 Å². The Labute approximate surface area is 164 Å². The molecule has 3 N–H and O–H groups in total. The highest BCUT2D eigenvalue weighted by Crippen LogP contribution is 2.75. The summed E-state index contributed by atoms with van der Waals surface area (Å²) < 4.78 is 0. The molecule has 10 unspecified atom stereocenters. The average molecular weight is 371 g/mol. The molecule has 0 bridgehead atoms. The molecule has 10 atom stereocenters. The fourth-order valence-electron chi connectivity index (χ4n) is 8.73. The summed E-state index contributed by atoms with van der Waals surface area (Å²) >= 11 is 0. The highest BCUT2D eigenvalue weighted by atomic mass is 16.1. The quantitative estimate of drug-likeness (QED) is 0.585. The monoisotopic (exact) mass is 370 g/mol. The fraction of sp³-hybridized carbons (Fsp3) is 0.875. The molecule has 0 spiro atoms. The molecule has 0 aromatic carbocycles. The van der Waals surface area contributed by atoms with Crippen LogP contribution in [-0.4, -0.2) is 24.9 Å². The van der Waals surface area contributed by atoms with E-state index in [0.29, 0.717) is 29.7 Å². The van der Waals surface area contributed by atoms with Crippen molar-refractivity contribution in [2.75, 3.05) is 6.54 Å². The van der Waals surface area contributed by atoms with Gasteiger partial charge in [-0.2, -0.15) is 0 Å². The highest BCUT2D eigenvalue weighted by Gasteiger charge is 2.73. The van der Waals surface area contributed by atoms with Crippen molar-refractivity contribution in [3.8, 4) is 0 Å². The largest absolute Gasteiger partial charge is 0.321 e. The van der Waals surface area contributed by atoms with Crippen LogP contribution in [0.1, 0.15) is 64.7 Å². The Bertz CT molecular complexity index is 618. The average Bonchev–Trinajstić information content (AvgIpc) is 3.25. The van der Waals surface area contributed by atoms with Crippen LogP contribution >= 0.6 is 0 Å². The van der Waals surface area contributed by atoms with Crippen molar-refractivity contribution in [1.82, 2.24) is 5.32 Å². The Morgan fingerprint density at radius 3 is 2.89 bits per heavy atom. The predicted octanol–water partition coefficient (Wildman–Crippen LogP) is 3.93. The maximum atomic E-state index is 12.0. The predicted molar refractivity (Wildman–Crippen MR) is 109 cm³/mol.